The predicted octanol–water partition coefficient (Wildman–Crippen LogP) is 2.89. The molecule has 2 rings (SSSR count). The number of benzene rings is 1. The molecule has 21 heavy (non-hydrogen) atoms. The van der Waals surface area contributed by atoms with Crippen LogP contribution in [-0.4, -0.2) is 10.9 Å². The molecule has 0 saturated carbocycles. The van der Waals surface area contributed by atoms with Crippen LogP contribution in [0.1, 0.15) is 37.8 Å². The zero-order valence-electron chi connectivity index (χ0n) is 12.8. The van der Waals surface area contributed by atoms with Gasteiger partial charge in [-0.3, -0.25) is 9.59 Å². The Kier molecular flexibility index (Phi) is 4.78. The Morgan fingerprint density at radius 3 is 2.62 bits per heavy atom. The number of hydrogen-bond donors (Lipinski definition) is 2. The van der Waals surface area contributed by atoms with Crippen molar-refractivity contribution < 1.29 is 4.79 Å². The van der Waals surface area contributed by atoms with Gasteiger partial charge in [-0.25, -0.2) is 0 Å². The van der Waals surface area contributed by atoms with E-state index in [1.165, 1.54) is 0 Å². The Labute approximate surface area is 124 Å². The van der Waals surface area contributed by atoms with Crippen molar-refractivity contribution in [3.8, 4) is 0 Å². The third kappa shape index (κ3) is 3.51. The molecule has 0 bridgehead atoms. The van der Waals surface area contributed by atoms with Crippen LogP contribution in [0.3, 0.4) is 0 Å². The molecule has 0 atom stereocenters. The number of amides is 1. The molecule has 112 valence electrons. The fourth-order valence-electron chi connectivity index (χ4n) is 2.48. The molecule has 0 aliphatic carbocycles. The second kappa shape index (κ2) is 6.57. The first-order valence-corrected chi connectivity index (χ1v) is 7.45. The predicted molar refractivity (Wildman–Crippen MR) is 85.2 cm³/mol. The summed E-state index contributed by atoms with van der Waals surface area (Å²) in [6, 6.07) is 7.78. The number of hydrogen-bond acceptors (Lipinski definition) is 2. The van der Waals surface area contributed by atoms with Crippen molar-refractivity contribution >= 4 is 16.8 Å². The second-order valence-electron chi connectivity index (χ2n) is 5.45. The molecule has 4 heteroatoms. The zero-order valence-corrected chi connectivity index (χ0v) is 12.8. The lowest BCUT2D eigenvalue weighted by Crippen LogP contribution is -2.31. The summed E-state index contributed by atoms with van der Waals surface area (Å²) in [4.78, 5) is 26.9. The van der Waals surface area contributed by atoms with E-state index in [4.69, 9.17) is 0 Å². The minimum atomic E-state index is -0.141. The van der Waals surface area contributed by atoms with Crippen molar-refractivity contribution in [2.75, 3.05) is 0 Å². The molecule has 0 aliphatic rings. The Bertz CT molecular complexity index is 699. The van der Waals surface area contributed by atoms with Crippen LogP contribution in [0, 0.1) is 12.8 Å². The average molecular weight is 286 g/mol. The van der Waals surface area contributed by atoms with Crippen LogP contribution < -0.4 is 10.9 Å². The summed E-state index contributed by atoms with van der Waals surface area (Å²) in [6.45, 7) is 6.26. The third-order valence-electron chi connectivity index (χ3n) is 3.89. The van der Waals surface area contributed by atoms with Gasteiger partial charge in [-0.1, -0.05) is 26.0 Å². The van der Waals surface area contributed by atoms with Gasteiger partial charge in [-0.05, 0) is 42.8 Å². The number of rotatable bonds is 5. The van der Waals surface area contributed by atoms with Gasteiger partial charge in [-0.2, -0.15) is 0 Å². The molecule has 2 N–H and O–H groups in total. The fourth-order valence-corrected chi connectivity index (χ4v) is 2.48. The lowest BCUT2D eigenvalue weighted by Gasteiger charge is -2.12. The number of aromatic amines is 1. The molecule has 0 unspecified atom stereocenters. The van der Waals surface area contributed by atoms with Gasteiger partial charge in [0.1, 0.15) is 0 Å². The lowest BCUT2D eigenvalue weighted by atomic mass is 10.0. The monoisotopic (exact) mass is 286 g/mol. The van der Waals surface area contributed by atoms with Gasteiger partial charge >= 0.3 is 0 Å². The number of pyridine rings is 1. The van der Waals surface area contributed by atoms with Crippen LogP contribution in [0.15, 0.2) is 29.1 Å². The largest absolute Gasteiger partial charge is 0.352 e. The molecule has 4 nitrogen and oxygen atoms in total. The topological polar surface area (TPSA) is 62.0 Å². The summed E-state index contributed by atoms with van der Waals surface area (Å²) >= 11 is 0. The second-order valence-corrected chi connectivity index (χ2v) is 5.45. The number of fused-ring (bicyclic) bond motifs is 1. The summed E-state index contributed by atoms with van der Waals surface area (Å²) < 4.78 is 0. The first kappa shape index (κ1) is 15.3. The summed E-state index contributed by atoms with van der Waals surface area (Å²) in [5, 5.41) is 3.84. The number of carbonyl (C=O) groups excluding carboxylic acids is 1. The maximum absolute atomic E-state index is 12.1. The van der Waals surface area contributed by atoms with E-state index in [1.807, 2.05) is 45.0 Å². The quantitative estimate of drug-likeness (QED) is 0.887. The third-order valence-corrected chi connectivity index (χ3v) is 3.89. The summed E-state index contributed by atoms with van der Waals surface area (Å²) in [6.07, 6.45) is 1.63. The van der Waals surface area contributed by atoms with E-state index in [0.717, 1.165) is 29.3 Å². The lowest BCUT2D eigenvalue weighted by molar-refractivity contribution is -0.125. The summed E-state index contributed by atoms with van der Waals surface area (Å²) in [5.74, 6) is 0.0376. The Hall–Kier alpha value is -2.10. The fraction of sp³-hybridized carbons (Fsp3) is 0.412. The van der Waals surface area contributed by atoms with Crippen LogP contribution in [0.5, 0.6) is 0 Å². The summed E-state index contributed by atoms with van der Waals surface area (Å²) in [5.41, 5.74) is 2.38. The molecule has 1 aromatic heterocycles. The van der Waals surface area contributed by atoms with E-state index < -0.39 is 0 Å². The van der Waals surface area contributed by atoms with Gasteiger partial charge in [0.15, 0.2) is 0 Å². The van der Waals surface area contributed by atoms with Gasteiger partial charge in [0.25, 0.3) is 5.56 Å². The van der Waals surface area contributed by atoms with Crippen LogP contribution in [0.4, 0.5) is 0 Å². The molecular formula is C17H22N2O2. The van der Waals surface area contributed by atoms with E-state index >= 15 is 0 Å². The molecule has 0 radical (unpaired) electrons. The molecule has 0 aliphatic heterocycles. The Balaban J connectivity index is 2.19. The maximum atomic E-state index is 12.1. The van der Waals surface area contributed by atoms with Crippen LogP contribution in [0.2, 0.25) is 0 Å². The SMILES string of the molecule is CCC(CC)C(=O)NCc1cc2ccc(C)cc2[nH]c1=O. The van der Waals surface area contributed by atoms with Gasteiger partial charge < -0.3 is 10.3 Å². The first-order valence-electron chi connectivity index (χ1n) is 7.45. The maximum Gasteiger partial charge on any atom is 0.253 e. The van der Waals surface area contributed by atoms with Crippen LogP contribution >= 0.6 is 0 Å². The van der Waals surface area contributed by atoms with E-state index in [-0.39, 0.29) is 23.9 Å². The van der Waals surface area contributed by atoms with Gasteiger partial charge in [0, 0.05) is 23.5 Å². The molecule has 0 spiro atoms. The highest BCUT2D eigenvalue weighted by atomic mass is 16.2. The highest BCUT2D eigenvalue weighted by Crippen LogP contribution is 2.13. The van der Waals surface area contributed by atoms with E-state index in [2.05, 4.69) is 10.3 Å². The van der Waals surface area contributed by atoms with Gasteiger partial charge in [-0.15, -0.1) is 0 Å². The van der Waals surface area contributed by atoms with Crippen LogP contribution in [-0.2, 0) is 11.3 Å². The first-order chi connectivity index (χ1) is 10.0. The van der Waals surface area contributed by atoms with E-state index in [0.29, 0.717) is 5.56 Å². The van der Waals surface area contributed by atoms with Gasteiger partial charge in [0.2, 0.25) is 5.91 Å². The van der Waals surface area contributed by atoms with Crippen molar-refractivity contribution in [3.05, 3.63) is 45.7 Å². The van der Waals surface area contributed by atoms with Crippen molar-refractivity contribution in [1.82, 2.24) is 10.3 Å². The molecule has 0 saturated heterocycles. The zero-order chi connectivity index (χ0) is 15.4. The number of aromatic nitrogens is 1. The normalized spacial score (nSPS) is 11.0. The summed E-state index contributed by atoms with van der Waals surface area (Å²) in [7, 11) is 0. The number of carbonyl (C=O) groups is 1. The van der Waals surface area contributed by atoms with Crippen molar-refractivity contribution in [2.45, 2.75) is 40.2 Å². The standard InChI is InChI=1S/C17H22N2O2/c1-4-12(5-2)16(20)18-10-14-9-13-7-6-11(3)8-15(13)19-17(14)21/h6-9,12H,4-5,10H2,1-3H3,(H,18,20)(H,19,21). The van der Waals surface area contributed by atoms with E-state index in [9.17, 15) is 9.59 Å². The molecule has 1 aromatic carbocycles. The average Bonchev–Trinajstić information content (AvgIpc) is 2.46. The Morgan fingerprint density at radius 1 is 1.24 bits per heavy atom. The number of nitrogens with one attached hydrogen (secondary N) is 2. The smallest absolute Gasteiger partial charge is 0.253 e. The minimum absolute atomic E-state index is 0.0170. The number of H-pyrrole nitrogens is 1. The molecular weight excluding hydrogens is 264 g/mol. The van der Waals surface area contributed by atoms with Crippen molar-refractivity contribution in [1.29, 1.82) is 0 Å². The number of aryl methyl sites for hydroxylation is 1. The van der Waals surface area contributed by atoms with Crippen molar-refractivity contribution in [3.63, 3.8) is 0 Å². The molecule has 2 aromatic rings. The van der Waals surface area contributed by atoms with Crippen LogP contribution in [0.25, 0.3) is 10.9 Å². The van der Waals surface area contributed by atoms with E-state index in [1.54, 1.807) is 0 Å². The van der Waals surface area contributed by atoms with Crippen molar-refractivity contribution in [2.24, 2.45) is 5.92 Å². The molecule has 1 heterocycles. The highest BCUT2D eigenvalue weighted by molar-refractivity contribution is 5.80. The Morgan fingerprint density at radius 2 is 1.95 bits per heavy atom. The molecule has 1 amide bonds. The van der Waals surface area contributed by atoms with Gasteiger partial charge in [0.05, 0.1) is 0 Å². The minimum Gasteiger partial charge on any atom is -0.352 e. The highest BCUT2D eigenvalue weighted by Gasteiger charge is 2.14. The molecule has 0 fully saturated rings.